The molecule has 0 bridgehead atoms. The van der Waals surface area contributed by atoms with Crippen molar-refractivity contribution in [3.8, 4) is 5.75 Å². The summed E-state index contributed by atoms with van der Waals surface area (Å²) in [6, 6.07) is 2.80. The van der Waals surface area contributed by atoms with Gasteiger partial charge in [0.1, 0.15) is 22.5 Å². The lowest BCUT2D eigenvalue weighted by atomic mass is 9.89. The van der Waals surface area contributed by atoms with Crippen molar-refractivity contribution in [2.45, 2.75) is 77.4 Å². The van der Waals surface area contributed by atoms with Gasteiger partial charge in [-0.05, 0) is 70.2 Å². The number of hydrogen-bond donors (Lipinski definition) is 3. The molecule has 0 unspecified atom stereocenters. The second kappa shape index (κ2) is 11.8. The van der Waals surface area contributed by atoms with Crippen LogP contribution in [-0.4, -0.2) is 73.6 Å². The molecule has 0 aliphatic carbocycles. The van der Waals surface area contributed by atoms with E-state index in [0.717, 1.165) is 55.7 Å². The third-order valence-corrected chi connectivity index (χ3v) is 7.16. The molecule has 10 heteroatoms. The Balaban J connectivity index is 1.59. The highest BCUT2D eigenvalue weighted by Crippen LogP contribution is 2.32. The van der Waals surface area contributed by atoms with Crippen LogP contribution in [0, 0.1) is 0 Å². The van der Waals surface area contributed by atoms with Gasteiger partial charge >= 0.3 is 0 Å². The second-order valence-electron chi connectivity index (χ2n) is 9.93. The highest BCUT2D eigenvalue weighted by molar-refractivity contribution is 5.86. The van der Waals surface area contributed by atoms with Gasteiger partial charge in [0.25, 0.3) is 0 Å². The molecule has 10 nitrogen and oxygen atoms in total. The first kappa shape index (κ1) is 26.1. The number of piperidine rings is 1. The molecule has 36 heavy (non-hydrogen) atoms. The highest BCUT2D eigenvalue weighted by Gasteiger charge is 2.24. The fourth-order valence-electron chi connectivity index (χ4n) is 5.12. The van der Waals surface area contributed by atoms with Gasteiger partial charge in [0.2, 0.25) is 5.95 Å². The molecule has 1 fully saturated rings. The van der Waals surface area contributed by atoms with Gasteiger partial charge in [0.05, 0.1) is 19.9 Å². The first-order chi connectivity index (χ1) is 17.4. The minimum Gasteiger partial charge on any atom is -0.495 e. The molecule has 196 valence electrons. The summed E-state index contributed by atoms with van der Waals surface area (Å²) in [6.07, 6.45) is 8.48. The zero-order valence-corrected chi connectivity index (χ0v) is 21.9. The van der Waals surface area contributed by atoms with Crippen molar-refractivity contribution in [1.82, 2.24) is 29.6 Å². The third-order valence-electron chi connectivity index (χ3n) is 7.16. The Morgan fingerprint density at radius 3 is 2.64 bits per heavy atom. The van der Waals surface area contributed by atoms with E-state index in [1.165, 1.54) is 5.56 Å². The minimum atomic E-state index is 0.0786. The minimum absolute atomic E-state index is 0.0786. The number of methoxy groups -OCH3 is 1. The number of likely N-dealkylation sites (tertiary alicyclic amines) is 1. The fraction of sp³-hybridized carbons (Fsp3) is 0.615. The van der Waals surface area contributed by atoms with Crippen LogP contribution in [0.2, 0.25) is 0 Å². The predicted octanol–water partition coefficient (Wildman–Crippen LogP) is 3.41. The summed E-state index contributed by atoms with van der Waals surface area (Å²) in [5, 5.41) is 17.5. The van der Waals surface area contributed by atoms with Crippen LogP contribution in [0.15, 0.2) is 18.5 Å². The summed E-state index contributed by atoms with van der Waals surface area (Å²) in [4.78, 5) is 16.2. The number of ether oxygens (including phenoxy) is 1. The molecule has 1 aliphatic rings. The zero-order chi connectivity index (χ0) is 25.7. The molecule has 4 heterocycles. The van der Waals surface area contributed by atoms with Gasteiger partial charge in [-0.1, -0.05) is 13.3 Å². The van der Waals surface area contributed by atoms with E-state index < -0.39 is 0 Å². The van der Waals surface area contributed by atoms with Crippen molar-refractivity contribution >= 4 is 22.8 Å². The van der Waals surface area contributed by atoms with E-state index in [9.17, 15) is 5.11 Å². The Morgan fingerprint density at radius 1 is 1.19 bits per heavy atom. The van der Waals surface area contributed by atoms with Crippen LogP contribution < -0.4 is 15.8 Å². The fourth-order valence-corrected chi connectivity index (χ4v) is 5.12. The predicted molar refractivity (Wildman–Crippen MR) is 142 cm³/mol. The summed E-state index contributed by atoms with van der Waals surface area (Å²) < 4.78 is 7.60. The molecule has 0 saturated carbocycles. The number of aromatic nitrogens is 5. The number of nitrogens with one attached hydrogen (secondary N) is 1. The van der Waals surface area contributed by atoms with Crippen LogP contribution >= 0.6 is 0 Å². The highest BCUT2D eigenvalue weighted by atomic mass is 16.5. The lowest BCUT2D eigenvalue weighted by molar-refractivity contribution is 0.171. The van der Waals surface area contributed by atoms with Crippen LogP contribution in [-0.2, 0) is 6.54 Å². The van der Waals surface area contributed by atoms with Gasteiger partial charge in [-0.3, -0.25) is 9.67 Å². The molecule has 0 amide bonds. The van der Waals surface area contributed by atoms with E-state index in [0.29, 0.717) is 36.3 Å². The quantitative estimate of drug-likeness (QED) is 0.366. The van der Waals surface area contributed by atoms with Crippen LogP contribution in [0.5, 0.6) is 5.75 Å². The van der Waals surface area contributed by atoms with E-state index in [4.69, 9.17) is 15.5 Å². The molecule has 3 aromatic rings. The Hall–Kier alpha value is -2.98. The van der Waals surface area contributed by atoms with Crippen molar-refractivity contribution in [2.75, 3.05) is 37.9 Å². The van der Waals surface area contributed by atoms with E-state index in [1.54, 1.807) is 13.3 Å². The Kier molecular flexibility index (Phi) is 8.58. The van der Waals surface area contributed by atoms with E-state index in [1.807, 2.05) is 10.9 Å². The van der Waals surface area contributed by atoms with Crippen LogP contribution in [0.25, 0.3) is 11.0 Å². The summed E-state index contributed by atoms with van der Waals surface area (Å²) >= 11 is 0. The van der Waals surface area contributed by atoms with Gasteiger partial charge in [-0.25, -0.2) is 4.98 Å². The first-order valence-electron chi connectivity index (χ1n) is 13.1. The lowest BCUT2D eigenvalue weighted by Gasteiger charge is -2.34. The average molecular weight is 497 g/mol. The number of nitrogens with two attached hydrogens (primary N) is 1. The summed E-state index contributed by atoms with van der Waals surface area (Å²) in [7, 11) is 1.69. The van der Waals surface area contributed by atoms with Crippen LogP contribution in [0.1, 0.15) is 70.1 Å². The molecular weight excluding hydrogens is 456 g/mol. The standard InChI is InChI=1S/C26H40N8O2/c1-5-6-20(9-12-35)30-25-24-21(31-26(27)32-25)15-29-34(24)16-22-23(36-4)13-19(14-28-22)18-7-10-33(11-8-18)17(2)3/h13-15,17-18,20,35H,5-12,16H2,1-4H3,(H3,27,30,31,32)/t20-/m0/s1. The van der Waals surface area contributed by atoms with Crippen LogP contribution in [0.4, 0.5) is 11.8 Å². The largest absolute Gasteiger partial charge is 0.495 e. The molecule has 0 radical (unpaired) electrons. The van der Waals surface area contributed by atoms with E-state index in [-0.39, 0.29) is 18.6 Å². The Labute approximate surface area is 213 Å². The maximum atomic E-state index is 9.49. The number of hydrogen-bond acceptors (Lipinski definition) is 9. The van der Waals surface area contributed by atoms with Crippen molar-refractivity contribution < 1.29 is 9.84 Å². The topological polar surface area (TPSA) is 127 Å². The Morgan fingerprint density at radius 2 is 1.97 bits per heavy atom. The van der Waals surface area contributed by atoms with Crippen molar-refractivity contribution in [3.63, 3.8) is 0 Å². The smallest absolute Gasteiger partial charge is 0.222 e. The number of pyridine rings is 1. The summed E-state index contributed by atoms with van der Waals surface area (Å²) in [5.41, 5.74) is 9.44. The normalized spacial score (nSPS) is 16.1. The molecule has 3 aromatic heterocycles. The third kappa shape index (κ3) is 5.87. The average Bonchev–Trinajstić information content (AvgIpc) is 3.27. The van der Waals surface area contributed by atoms with Gasteiger partial charge in [0, 0.05) is 24.9 Å². The summed E-state index contributed by atoms with van der Waals surface area (Å²) in [5.74, 6) is 2.06. The molecule has 4 rings (SSSR count). The number of anilines is 2. The van der Waals surface area contributed by atoms with Crippen LogP contribution in [0.3, 0.4) is 0 Å². The SMILES string of the molecule is CCC[C@@H](CCO)Nc1nc(N)nc2cnn(Cc3ncc(C4CCN(C(C)C)CC4)cc3OC)c12. The zero-order valence-electron chi connectivity index (χ0n) is 21.9. The number of aliphatic hydroxyl groups is 1. The molecular formula is C26H40N8O2. The molecule has 1 aliphatic heterocycles. The van der Waals surface area contributed by atoms with Crippen molar-refractivity contribution in [2.24, 2.45) is 0 Å². The van der Waals surface area contributed by atoms with Gasteiger partial charge in [-0.15, -0.1) is 0 Å². The maximum absolute atomic E-state index is 9.49. The van der Waals surface area contributed by atoms with E-state index >= 15 is 0 Å². The number of rotatable bonds is 11. The monoisotopic (exact) mass is 496 g/mol. The van der Waals surface area contributed by atoms with Crippen molar-refractivity contribution in [3.05, 3.63) is 29.7 Å². The number of nitrogens with zero attached hydrogens (tertiary/aromatic N) is 6. The Bertz CT molecular complexity index is 1130. The van der Waals surface area contributed by atoms with E-state index in [2.05, 4.69) is 52.1 Å². The number of aliphatic hydroxyl groups excluding tert-OH is 1. The molecule has 1 saturated heterocycles. The second-order valence-corrected chi connectivity index (χ2v) is 9.93. The maximum Gasteiger partial charge on any atom is 0.222 e. The molecule has 4 N–H and O–H groups in total. The molecule has 0 spiro atoms. The number of fused-ring (bicyclic) bond motifs is 1. The van der Waals surface area contributed by atoms with Gasteiger partial charge < -0.3 is 25.8 Å². The number of nitrogen functional groups attached to an aromatic ring is 1. The molecule has 1 atom stereocenters. The van der Waals surface area contributed by atoms with Gasteiger partial charge in [-0.2, -0.15) is 10.1 Å². The van der Waals surface area contributed by atoms with Gasteiger partial charge in [0.15, 0.2) is 5.82 Å². The summed E-state index contributed by atoms with van der Waals surface area (Å²) in [6.45, 7) is 9.38. The molecule has 0 aromatic carbocycles. The first-order valence-corrected chi connectivity index (χ1v) is 13.1. The lowest BCUT2D eigenvalue weighted by Crippen LogP contribution is -2.37. The van der Waals surface area contributed by atoms with Crippen molar-refractivity contribution in [1.29, 1.82) is 0 Å².